The molecule has 2 amide bonds. The summed E-state index contributed by atoms with van der Waals surface area (Å²) in [6.07, 6.45) is 0.995. The number of amides is 2. The maximum absolute atomic E-state index is 13.3. The first kappa shape index (κ1) is 21.8. The van der Waals surface area contributed by atoms with Crippen LogP contribution in [0.4, 0.5) is 0 Å². The lowest BCUT2D eigenvalue weighted by molar-refractivity contribution is -0.126. The molecule has 168 valence electrons. The van der Waals surface area contributed by atoms with Gasteiger partial charge in [0.1, 0.15) is 11.6 Å². The minimum absolute atomic E-state index is 0.0669. The second-order valence-corrected chi connectivity index (χ2v) is 7.66. The smallest absolute Gasteiger partial charge is 0.341 e. The molecule has 0 aliphatic carbocycles. The van der Waals surface area contributed by atoms with E-state index in [1.54, 1.807) is 24.3 Å². The van der Waals surface area contributed by atoms with Crippen molar-refractivity contribution < 1.29 is 24.6 Å². The number of carboxylic acids is 1. The van der Waals surface area contributed by atoms with E-state index in [4.69, 9.17) is 0 Å². The van der Waals surface area contributed by atoms with E-state index in [-0.39, 0.29) is 25.3 Å². The number of fused-ring (bicyclic) bond motifs is 1. The first-order valence-corrected chi connectivity index (χ1v) is 10.2. The zero-order valence-corrected chi connectivity index (χ0v) is 17.5. The highest BCUT2D eigenvalue weighted by Gasteiger charge is 2.39. The molecule has 0 saturated carbocycles. The SMILES string of the molecule is O=C(O)c1cn2c(c(O)c1=O)C(=O)N(Cc1ccccc1)[C@@H](C(=O)NCc1ccccc1)C2. The molecule has 0 unspecified atom stereocenters. The molecule has 1 aliphatic heterocycles. The van der Waals surface area contributed by atoms with Gasteiger partial charge in [0, 0.05) is 19.3 Å². The van der Waals surface area contributed by atoms with Crippen molar-refractivity contribution in [1.29, 1.82) is 0 Å². The second kappa shape index (κ2) is 8.99. The summed E-state index contributed by atoms with van der Waals surface area (Å²) >= 11 is 0. The summed E-state index contributed by atoms with van der Waals surface area (Å²) in [6, 6.07) is 17.3. The van der Waals surface area contributed by atoms with Crippen LogP contribution in [-0.2, 0) is 24.4 Å². The molecule has 0 spiro atoms. The fourth-order valence-electron chi connectivity index (χ4n) is 3.82. The molecule has 4 rings (SSSR count). The molecule has 0 fully saturated rings. The number of hydrogen-bond donors (Lipinski definition) is 3. The summed E-state index contributed by atoms with van der Waals surface area (Å²) in [5.74, 6) is -3.66. The van der Waals surface area contributed by atoms with Crippen LogP contribution in [-0.4, -0.2) is 43.5 Å². The van der Waals surface area contributed by atoms with Crippen LogP contribution >= 0.6 is 0 Å². The minimum Gasteiger partial charge on any atom is -0.503 e. The molecule has 2 aromatic carbocycles. The summed E-state index contributed by atoms with van der Waals surface area (Å²) in [4.78, 5) is 51.5. The van der Waals surface area contributed by atoms with E-state index in [1.165, 1.54) is 4.90 Å². The maximum Gasteiger partial charge on any atom is 0.341 e. The third-order valence-electron chi connectivity index (χ3n) is 5.50. The monoisotopic (exact) mass is 447 g/mol. The average Bonchev–Trinajstić information content (AvgIpc) is 2.82. The molecule has 1 aromatic heterocycles. The first-order chi connectivity index (χ1) is 15.9. The van der Waals surface area contributed by atoms with Crippen molar-refractivity contribution >= 4 is 17.8 Å². The molecule has 0 saturated heterocycles. The normalized spacial score (nSPS) is 15.1. The molecule has 0 bridgehead atoms. The number of aromatic carboxylic acids is 1. The van der Waals surface area contributed by atoms with E-state index in [0.29, 0.717) is 0 Å². The Morgan fingerprint density at radius 3 is 2.18 bits per heavy atom. The Morgan fingerprint density at radius 1 is 0.970 bits per heavy atom. The number of nitrogens with zero attached hydrogens (tertiary/aromatic N) is 2. The van der Waals surface area contributed by atoms with Gasteiger partial charge in [-0.2, -0.15) is 0 Å². The molecule has 1 atom stereocenters. The van der Waals surface area contributed by atoms with Crippen LogP contribution in [0.15, 0.2) is 71.7 Å². The lowest BCUT2D eigenvalue weighted by atomic mass is 10.1. The van der Waals surface area contributed by atoms with E-state index >= 15 is 0 Å². The van der Waals surface area contributed by atoms with Gasteiger partial charge >= 0.3 is 5.97 Å². The molecule has 3 N–H and O–H groups in total. The van der Waals surface area contributed by atoms with E-state index in [2.05, 4.69) is 5.32 Å². The van der Waals surface area contributed by atoms with Crippen LogP contribution in [0, 0.1) is 0 Å². The highest BCUT2D eigenvalue weighted by Crippen LogP contribution is 2.25. The number of carbonyl (C=O) groups is 3. The Morgan fingerprint density at radius 2 is 1.58 bits per heavy atom. The van der Waals surface area contributed by atoms with Crippen molar-refractivity contribution in [2.45, 2.75) is 25.7 Å². The number of nitrogens with one attached hydrogen (secondary N) is 1. The van der Waals surface area contributed by atoms with Crippen LogP contribution in [0.5, 0.6) is 5.75 Å². The Bertz CT molecular complexity index is 1270. The van der Waals surface area contributed by atoms with Crippen molar-refractivity contribution in [3.05, 3.63) is 99.5 Å². The van der Waals surface area contributed by atoms with Crippen molar-refractivity contribution in [2.24, 2.45) is 0 Å². The van der Waals surface area contributed by atoms with Crippen LogP contribution in [0.1, 0.15) is 32.0 Å². The topological polar surface area (TPSA) is 129 Å². The Balaban J connectivity index is 1.71. The van der Waals surface area contributed by atoms with Gasteiger partial charge in [0.25, 0.3) is 5.91 Å². The Labute approximate surface area is 188 Å². The Kier molecular flexibility index (Phi) is 5.95. The lowest BCUT2D eigenvalue weighted by Gasteiger charge is -2.37. The van der Waals surface area contributed by atoms with Gasteiger partial charge in [-0.25, -0.2) is 4.79 Å². The summed E-state index contributed by atoms with van der Waals surface area (Å²) in [5, 5.41) is 22.5. The quantitative estimate of drug-likeness (QED) is 0.526. The highest BCUT2D eigenvalue weighted by molar-refractivity contribution is 6.00. The molecule has 3 aromatic rings. The lowest BCUT2D eigenvalue weighted by Crippen LogP contribution is -2.55. The number of benzene rings is 2. The number of pyridine rings is 1. The van der Waals surface area contributed by atoms with Gasteiger partial charge in [0.15, 0.2) is 11.4 Å². The molecular formula is C24H21N3O6. The average molecular weight is 447 g/mol. The summed E-state index contributed by atoms with van der Waals surface area (Å²) in [7, 11) is 0. The number of hydrogen-bond acceptors (Lipinski definition) is 5. The zero-order chi connectivity index (χ0) is 23.5. The standard InChI is InChI=1S/C24H21N3O6/c28-20-17(24(32)33)13-26-14-18(22(30)25-11-15-7-3-1-4-8-15)27(23(31)19(26)21(20)29)12-16-9-5-2-6-10-16/h1-10,13,18,29H,11-12,14H2,(H,25,30)(H,32,33)/t18-/m1/s1. The van der Waals surface area contributed by atoms with Gasteiger partial charge < -0.3 is 25.0 Å². The number of carboxylic acid groups (broad SMARTS) is 1. The van der Waals surface area contributed by atoms with Gasteiger partial charge in [0.05, 0.1) is 6.54 Å². The highest BCUT2D eigenvalue weighted by atomic mass is 16.4. The predicted octanol–water partition coefficient (Wildman–Crippen LogP) is 1.59. The van der Waals surface area contributed by atoms with Crippen LogP contribution < -0.4 is 10.7 Å². The van der Waals surface area contributed by atoms with Crippen molar-refractivity contribution in [3.63, 3.8) is 0 Å². The summed E-state index contributed by atoms with van der Waals surface area (Å²) in [6.45, 7) is 0.187. The molecule has 33 heavy (non-hydrogen) atoms. The van der Waals surface area contributed by atoms with Gasteiger partial charge in [-0.15, -0.1) is 0 Å². The summed E-state index contributed by atoms with van der Waals surface area (Å²) < 4.78 is 1.16. The number of carbonyl (C=O) groups excluding carboxylic acids is 2. The largest absolute Gasteiger partial charge is 0.503 e. The molecular weight excluding hydrogens is 426 g/mol. The van der Waals surface area contributed by atoms with E-state index in [0.717, 1.165) is 21.9 Å². The van der Waals surface area contributed by atoms with Gasteiger partial charge in [0.2, 0.25) is 11.3 Å². The fraction of sp³-hybridized carbons (Fsp3) is 0.167. The van der Waals surface area contributed by atoms with Crippen molar-refractivity contribution in [2.75, 3.05) is 0 Å². The van der Waals surface area contributed by atoms with E-state index in [9.17, 15) is 29.4 Å². The summed E-state index contributed by atoms with van der Waals surface area (Å²) in [5.41, 5.74) is -0.535. The van der Waals surface area contributed by atoms with Crippen LogP contribution in [0.2, 0.25) is 0 Å². The molecule has 1 aliphatic rings. The predicted molar refractivity (Wildman–Crippen MR) is 118 cm³/mol. The molecule has 2 heterocycles. The zero-order valence-electron chi connectivity index (χ0n) is 17.5. The number of aromatic nitrogens is 1. The Hall–Kier alpha value is -4.40. The molecule has 0 radical (unpaired) electrons. The maximum atomic E-state index is 13.3. The van der Waals surface area contributed by atoms with E-state index in [1.807, 2.05) is 36.4 Å². The third kappa shape index (κ3) is 4.33. The minimum atomic E-state index is -1.53. The molecule has 9 nitrogen and oxygen atoms in total. The van der Waals surface area contributed by atoms with Crippen LogP contribution in [0.25, 0.3) is 0 Å². The molecule has 9 heteroatoms. The van der Waals surface area contributed by atoms with Crippen molar-refractivity contribution in [1.82, 2.24) is 14.8 Å². The fourth-order valence-corrected chi connectivity index (χ4v) is 3.82. The van der Waals surface area contributed by atoms with Gasteiger partial charge in [-0.1, -0.05) is 60.7 Å². The van der Waals surface area contributed by atoms with E-state index < -0.39 is 40.6 Å². The number of aromatic hydroxyl groups is 1. The van der Waals surface area contributed by atoms with Gasteiger partial charge in [-0.05, 0) is 11.1 Å². The third-order valence-corrected chi connectivity index (χ3v) is 5.50. The second-order valence-electron chi connectivity index (χ2n) is 7.66. The number of rotatable bonds is 6. The van der Waals surface area contributed by atoms with Crippen molar-refractivity contribution in [3.8, 4) is 5.75 Å². The van der Waals surface area contributed by atoms with Crippen LogP contribution in [0.3, 0.4) is 0 Å². The first-order valence-electron chi connectivity index (χ1n) is 10.2. The van der Waals surface area contributed by atoms with Gasteiger partial charge in [-0.3, -0.25) is 14.4 Å².